The van der Waals surface area contributed by atoms with E-state index >= 15 is 0 Å². The summed E-state index contributed by atoms with van der Waals surface area (Å²) >= 11 is 0. The first-order valence-corrected chi connectivity index (χ1v) is 7.83. The van der Waals surface area contributed by atoms with Gasteiger partial charge in [0.2, 0.25) is 0 Å². The van der Waals surface area contributed by atoms with Gasteiger partial charge in [-0.05, 0) is 43.5 Å². The van der Waals surface area contributed by atoms with E-state index in [2.05, 4.69) is 20.6 Å². The van der Waals surface area contributed by atoms with E-state index in [1.165, 1.54) is 12.4 Å². The van der Waals surface area contributed by atoms with E-state index in [1.54, 1.807) is 0 Å². The summed E-state index contributed by atoms with van der Waals surface area (Å²) < 4.78 is 0. The monoisotopic (exact) mass is 384 g/mol. The van der Waals surface area contributed by atoms with Crippen molar-refractivity contribution >= 4 is 30.7 Å². The van der Waals surface area contributed by atoms with E-state index in [0.717, 1.165) is 31.5 Å². The van der Waals surface area contributed by atoms with Gasteiger partial charge in [0.1, 0.15) is 0 Å². The molecule has 2 heterocycles. The fourth-order valence-electron chi connectivity index (χ4n) is 2.89. The van der Waals surface area contributed by atoms with Crippen molar-refractivity contribution in [3.63, 3.8) is 0 Å². The predicted molar refractivity (Wildman–Crippen MR) is 102 cm³/mol. The average Bonchev–Trinajstić information content (AvgIpc) is 3.06. The Balaban J connectivity index is 0.00000156. The standard InChI is InChI=1S/C17H20N4O2.2ClH/c22-16-8-14(20-11-21-16)10-19-17(23)15-4-2-1-3-13(15)7-12-5-6-18-9-12;;/h1-4,8,11-12,18H,5-7,9-10H2,(H,19,23)(H,20,21,22);2*1H. The van der Waals surface area contributed by atoms with Gasteiger partial charge in [0.15, 0.2) is 0 Å². The third kappa shape index (κ3) is 5.85. The van der Waals surface area contributed by atoms with Crippen LogP contribution in [-0.2, 0) is 13.0 Å². The molecule has 0 radical (unpaired) electrons. The highest BCUT2D eigenvalue weighted by molar-refractivity contribution is 5.95. The topological polar surface area (TPSA) is 86.9 Å². The molecule has 1 amide bonds. The molecule has 3 N–H and O–H groups in total. The first kappa shape index (κ1) is 21.2. The van der Waals surface area contributed by atoms with E-state index in [-0.39, 0.29) is 42.8 Å². The van der Waals surface area contributed by atoms with Gasteiger partial charge in [-0.25, -0.2) is 4.98 Å². The Bertz CT molecular complexity index is 745. The molecule has 1 unspecified atom stereocenters. The number of amides is 1. The van der Waals surface area contributed by atoms with Crippen molar-refractivity contribution in [2.24, 2.45) is 5.92 Å². The quantitative estimate of drug-likeness (QED) is 0.731. The summed E-state index contributed by atoms with van der Waals surface area (Å²) in [4.78, 5) is 30.2. The highest BCUT2D eigenvalue weighted by Gasteiger charge is 2.18. The van der Waals surface area contributed by atoms with Crippen LogP contribution in [-0.4, -0.2) is 29.0 Å². The minimum absolute atomic E-state index is 0. The van der Waals surface area contributed by atoms with Crippen molar-refractivity contribution < 1.29 is 4.79 Å². The number of halogens is 2. The van der Waals surface area contributed by atoms with Crippen LogP contribution in [0.25, 0.3) is 0 Å². The van der Waals surface area contributed by atoms with Crippen molar-refractivity contribution in [1.29, 1.82) is 0 Å². The number of nitrogens with one attached hydrogen (secondary N) is 3. The number of carbonyl (C=O) groups is 1. The molecule has 25 heavy (non-hydrogen) atoms. The molecule has 1 atom stereocenters. The van der Waals surface area contributed by atoms with E-state index in [4.69, 9.17) is 0 Å². The van der Waals surface area contributed by atoms with Gasteiger partial charge >= 0.3 is 0 Å². The summed E-state index contributed by atoms with van der Waals surface area (Å²) in [5, 5.41) is 6.19. The molecule has 1 aliphatic heterocycles. The van der Waals surface area contributed by atoms with Gasteiger partial charge in [-0.1, -0.05) is 18.2 Å². The van der Waals surface area contributed by atoms with Gasteiger partial charge in [0.25, 0.3) is 11.5 Å². The first-order valence-electron chi connectivity index (χ1n) is 7.83. The third-order valence-corrected chi connectivity index (χ3v) is 4.10. The molecule has 2 aromatic rings. The van der Waals surface area contributed by atoms with Crippen LogP contribution in [0.15, 0.2) is 41.5 Å². The van der Waals surface area contributed by atoms with Gasteiger partial charge < -0.3 is 15.6 Å². The Morgan fingerprint density at radius 2 is 2.08 bits per heavy atom. The lowest BCUT2D eigenvalue weighted by molar-refractivity contribution is 0.0949. The predicted octanol–water partition coefficient (Wildman–Crippen LogP) is 1.70. The van der Waals surface area contributed by atoms with Crippen molar-refractivity contribution in [3.05, 3.63) is 63.8 Å². The normalized spacial score (nSPS) is 15.8. The summed E-state index contributed by atoms with van der Waals surface area (Å²) in [6, 6.07) is 9.08. The molecule has 3 rings (SSSR count). The number of hydrogen-bond donors (Lipinski definition) is 3. The molecule has 136 valence electrons. The number of aromatic nitrogens is 2. The van der Waals surface area contributed by atoms with Crippen LogP contribution in [0.3, 0.4) is 0 Å². The Morgan fingerprint density at radius 3 is 2.80 bits per heavy atom. The molecule has 1 aliphatic rings. The van der Waals surface area contributed by atoms with Gasteiger partial charge in [0, 0.05) is 11.6 Å². The second kappa shape index (κ2) is 10.2. The molecule has 1 saturated heterocycles. The Kier molecular flexibility index (Phi) is 8.61. The lowest BCUT2D eigenvalue weighted by Crippen LogP contribution is -2.25. The molecule has 8 heteroatoms. The van der Waals surface area contributed by atoms with Crippen molar-refractivity contribution in [2.45, 2.75) is 19.4 Å². The van der Waals surface area contributed by atoms with Crippen LogP contribution in [0.1, 0.15) is 28.0 Å². The lowest BCUT2D eigenvalue weighted by atomic mass is 9.94. The van der Waals surface area contributed by atoms with Crippen LogP contribution < -0.4 is 16.2 Å². The molecule has 0 spiro atoms. The first-order chi connectivity index (χ1) is 11.2. The average molecular weight is 385 g/mol. The Morgan fingerprint density at radius 1 is 1.28 bits per heavy atom. The molecular weight excluding hydrogens is 363 g/mol. The molecule has 1 fully saturated rings. The molecule has 1 aromatic carbocycles. The summed E-state index contributed by atoms with van der Waals surface area (Å²) in [7, 11) is 0. The Hall–Kier alpha value is -1.89. The molecular formula is C17H22Cl2N4O2. The Labute approximate surface area is 158 Å². The SMILES string of the molecule is Cl.Cl.O=C(NCc1cc(=O)[nH]cn1)c1ccccc1CC1CCNC1. The molecule has 1 aromatic heterocycles. The van der Waals surface area contributed by atoms with Crippen molar-refractivity contribution in [2.75, 3.05) is 13.1 Å². The number of benzene rings is 1. The van der Waals surface area contributed by atoms with E-state index < -0.39 is 0 Å². The minimum Gasteiger partial charge on any atom is -0.346 e. The minimum atomic E-state index is -0.224. The third-order valence-electron chi connectivity index (χ3n) is 4.10. The van der Waals surface area contributed by atoms with Crippen LogP contribution in [0, 0.1) is 5.92 Å². The van der Waals surface area contributed by atoms with E-state index in [9.17, 15) is 9.59 Å². The highest BCUT2D eigenvalue weighted by Crippen LogP contribution is 2.18. The summed E-state index contributed by atoms with van der Waals surface area (Å²) in [5.74, 6) is 0.451. The summed E-state index contributed by atoms with van der Waals surface area (Å²) in [6.07, 6.45) is 3.39. The highest BCUT2D eigenvalue weighted by atomic mass is 35.5. The maximum Gasteiger partial charge on any atom is 0.251 e. The van der Waals surface area contributed by atoms with E-state index in [1.807, 2.05) is 24.3 Å². The number of nitrogens with zero attached hydrogens (tertiary/aromatic N) is 1. The van der Waals surface area contributed by atoms with Crippen LogP contribution in [0.5, 0.6) is 0 Å². The van der Waals surface area contributed by atoms with Crippen LogP contribution in [0.2, 0.25) is 0 Å². The number of rotatable bonds is 5. The maximum absolute atomic E-state index is 12.5. The molecule has 0 bridgehead atoms. The zero-order valence-electron chi connectivity index (χ0n) is 13.7. The summed E-state index contributed by atoms with van der Waals surface area (Å²) in [5.41, 5.74) is 2.08. The van der Waals surface area contributed by atoms with Crippen molar-refractivity contribution in [1.82, 2.24) is 20.6 Å². The van der Waals surface area contributed by atoms with Gasteiger partial charge in [-0.2, -0.15) is 0 Å². The number of H-pyrrole nitrogens is 1. The van der Waals surface area contributed by atoms with Crippen LogP contribution in [0.4, 0.5) is 0 Å². The number of carbonyl (C=O) groups excluding carboxylic acids is 1. The second-order valence-electron chi connectivity index (χ2n) is 5.81. The van der Waals surface area contributed by atoms with E-state index in [0.29, 0.717) is 17.2 Å². The lowest BCUT2D eigenvalue weighted by Gasteiger charge is -2.13. The fraction of sp³-hybridized carbons (Fsp3) is 0.353. The summed E-state index contributed by atoms with van der Waals surface area (Å²) in [6.45, 7) is 2.29. The van der Waals surface area contributed by atoms with Gasteiger partial charge in [0.05, 0.1) is 18.6 Å². The smallest absolute Gasteiger partial charge is 0.251 e. The molecule has 0 aliphatic carbocycles. The fourth-order valence-corrected chi connectivity index (χ4v) is 2.89. The van der Waals surface area contributed by atoms with Gasteiger partial charge in [-0.3, -0.25) is 9.59 Å². The largest absolute Gasteiger partial charge is 0.346 e. The second-order valence-corrected chi connectivity index (χ2v) is 5.81. The number of hydrogen-bond acceptors (Lipinski definition) is 4. The molecule has 0 saturated carbocycles. The number of aromatic amines is 1. The zero-order chi connectivity index (χ0) is 16.1. The van der Waals surface area contributed by atoms with Gasteiger partial charge in [-0.15, -0.1) is 24.8 Å². The van der Waals surface area contributed by atoms with Crippen LogP contribution >= 0.6 is 24.8 Å². The molecule has 6 nitrogen and oxygen atoms in total. The zero-order valence-corrected chi connectivity index (χ0v) is 15.3. The maximum atomic E-state index is 12.5. The van der Waals surface area contributed by atoms with Crippen molar-refractivity contribution in [3.8, 4) is 0 Å².